The molecule has 0 spiro atoms. The van der Waals surface area contributed by atoms with Crippen LogP contribution in [0.2, 0.25) is 0 Å². The van der Waals surface area contributed by atoms with Gasteiger partial charge in [-0.05, 0) is 32.2 Å². The van der Waals surface area contributed by atoms with Crippen LogP contribution in [0.5, 0.6) is 5.75 Å². The van der Waals surface area contributed by atoms with Gasteiger partial charge in [-0.3, -0.25) is 0 Å². The van der Waals surface area contributed by atoms with Crippen LogP contribution < -0.4 is 10.1 Å². The van der Waals surface area contributed by atoms with Crippen molar-refractivity contribution in [1.82, 2.24) is 10.3 Å². The molecule has 2 heterocycles. The first kappa shape index (κ1) is 13.6. The molecular weight excluding hydrogens is 264 g/mol. The molecule has 0 bridgehead atoms. The number of rotatable bonds is 5. The number of nitrogens with zero attached hydrogens (tertiary/aromatic N) is 1. The molecule has 0 radical (unpaired) electrons. The first-order valence-corrected chi connectivity index (χ1v) is 6.96. The third-order valence-corrected chi connectivity index (χ3v) is 3.28. The molecule has 0 saturated heterocycles. The number of aryl methyl sites for hydroxylation is 1. The van der Waals surface area contributed by atoms with Gasteiger partial charge in [0.1, 0.15) is 23.6 Å². The van der Waals surface area contributed by atoms with Crippen LogP contribution in [0.15, 0.2) is 47.1 Å². The Bertz CT molecular complexity index is 749. The van der Waals surface area contributed by atoms with Gasteiger partial charge in [0, 0.05) is 23.2 Å². The summed E-state index contributed by atoms with van der Waals surface area (Å²) in [7, 11) is 1.91. The van der Waals surface area contributed by atoms with Gasteiger partial charge >= 0.3 is 0 Å². The summed E-state index contributed by atoms with van der Waals surface area (Å²) in [6.45, 7) is 3.17. The van der Waals surface area contributed by atoms with E-state index in [4.69, 9.17) is 9.15 Å². The van der Waals surface area contributed by atoms with Gasteiger partial charge in [-0.15, -0.1) is 0 Å². The van der Waals surface area contributed by atoms with Crippen LogP contribution in [0, 0.1) is 6.92 Å². The van der Waals surface area contributed by atoms with Gasteiger partial charge in [0.05, 0.1) is 6.26 Å². The second-order valence-electron chi connectivity index (χ2n) is 5.02. The number of hydrogen-bond acceptors (Lipinski definition) is 4. The minimum absolute atomic E-state index is 0.401. The second kappa shape index (κ2) is 5.97. The quantitative estimate of drug-likeness (QED) is 0.778. The van der Waals surface area contributed by atoms with Crippen LogP contribution >= 0.6 is 0 Å². The first-order valence-electron chi connectivity index (χ1n) is 6.96. The number of furan rings is 1. The van der Waals surface area contributed by atoms with E-state index in [1.807, 2.05) is 44.3 Å². The van der Waals surface area contributed by atoms with Gasteiger partial charge < -0.3 is 14.5 Å². The van der Waals surface area contributed by atoms with E-state index in [0.717, 1.165) is 40.2 Å². The largest absolute Gasteiger partial charge is 0.483 e. The number of aromatic nitrogens is 1. The lowest BCUT2D eigenvalue weighted by molar-refractivity contribution is 0.273. The van der Waals surface area contributed by atoms with E-state index >= 15 is 0 Å². The Kier molecular flexibility index (Phi) is 3.88. The van der Waals surface area contributed by atoms with Crippen LogP contribution in [0.4, 0.5) is 0 Å². The summed E-state index contributed by atoms with van der Waals surface area (Å²) < 4.78 is 11.4. The lowest BCUT2D eigenvalue weighted by Gasteiger charge is -2.07. The highest BCUT2D eigenvalue weighted by atomic mass is 16.5. The topological polar surface area (TPSA) is 47.3 Å². The summed E-state index contributed by atoms with van der Waals surface area (Å²) in [6, 6.07) is 12.0. The summed E-state index contributed by atoms with van der Waals surface area (Å²) in [5.74, 6) is 1.59. The predicted molar refractivity (Wildman–Crippen MR) is 82.3 cm³/mol. The van der Waals surface area contributed by atoms with Crippen molar-refractivity contribution >= 4 is 10.9 Å². The van der Waals surface area contributed by atoms with Gasteiger partial charge in [-0.25, -0.2) is 4.98 Å². The Morgan fingerprint density at radius 1 is 1.24 bits per heavy atom. The molecule has 1 aromatic carbocycles. The third-order valence-electron chi connectivity index (χ3n) is 3.28. The molecule has 0 aliphatic carbocycles. The van der Waals surface area contributed by atoms with Gasteiger partial charge in [-0.2, -0.15) is 0 Å². The molecule has 4 heteroatoms. The zero-order valence-corrected chi connectivity index (χ0v) is 12.2. The second-order valence-corrected chi connectivity index (χ2v) is 5.02. The minimum Gasteiger partial charge on any atom is -0.483 e. The maximum Gasteiger partial charge on any atom is 0.146 e. The van der Waals surface area contributed by atoms with Crippen molar-refractivity contribution in [3.63, 3.8) is 0 Å². The number of pyridine rings is 1. The van der Waals surface area contributed by atoms with Crippen molar-refractivity contribution in [2.45, 2.75) is 20.1 Å². The predicted octanol–water partition coefficient (Wildman–Crippen LogP) is 3.43. The van der Waals surface area contributed by atoms with Crippen molar-refractivity contribution in [2.75, 3.05) is 7.05 Å². The SMILES string of the molecule is CNCc1coc(COc2cccc3ccc(C)nc23)c1. The van der Waals surface area contributed by atoms with Crippen molar-refractivity contribution in [3.05, 3.63) is 59.7 Å². The van der Waals surface area contributed by atoms with E-state index in [1.165, 1.54) is 0 Å². The van der Waals surface area contributed by atoms with Crippen LogP contribution in [0.25, 0.3) is 10.9 Å². The van der Waals surface area contributed by atoms with Crippen LogP contribution in [0.3, 0.4) is 0 Å². The van der Waals surface area contributed by atoms with Gasteiger partial charge in [0.2, 0.25) is 0 Å². The Hall–Kier alpha value is -2.33. The molecule has 0 aliphatic rings. The van der Waals surface area contributed by atoms with Crippen molar-refractivity contribution in [1.29, 1.82) is 0 Å². The lowest BCUT2D eigenvalue weighted by atomic mass is 10.2. The Morgan fingerprint density at radius 2 is 2.14 bits per heavy atom. The third kappa shape index (κ3) is 3.06. The molecule has 21 heavy (non-hydrogen) atoms. The van der Waals surface area contributed by atoms with E-state index in [0.29, 0.717) is 6.61 Å². The van der Waals surface area contributed by atoms with Crippen molar-refractivity contribution in [2.24, 2.45) is 0 Å². The molecule has 1 N–H and O–H groups in total. The molecule has 108 valence electrons. The minimum atomic E-state index is 0.401. The number of benzene rings is 1. The summed E-state index contributed by atoms with van der Waals surface area (Å²) in [4.78, 5) is 4.56. The maximum atomic E-state index is 5.88. The molecule has 0 amide bonds. The summed E-state index contributed by atoms with van der Waals surface area (Å²) in [6.07, 6.45) is 1.75. The monoisotopic (exact) mass is 282 g/mol. The molecule has 3 aromatic rings. The molecular formula is C17H18N2O2. The standard InChI is InChI=1S/C17H18N2O2/c1-12-6-7-14-4-3-5-16(17(14)19-12)21-11-15-8-13(9-18-2)10-20-15/h3-8,10,18H,9,11H2,1-2H3. The van der Waals surface area contributed by atoms with Crippen LogP contribution in [0.1, 0.15) is 17.0 Å². The maximum absolute atomic E-state index is 5.88. The van der Waals surface area contributed by atoms with Crippen molar-refractivity contribution in [3.8, 4) is 5.75 Å². The van der Waals surface area contributed by atoms with Gasteiger partial charge in [0.25, 0.3) is 0 Å². The fourth-order valence-electron chi connectivity index (χ4n) is 2.28. The molecule has 0 atom stereocenters. The number of ether oxygens (including phenoxy) is 1. The zero-order valence-electron chi connectivity index (χ0n) is 12.2. The Balaban J connectivity index is 1.79. The Morgan fingerprint density at radius 3 is 3.00 bits per heavy atom. The van der Waals surface area contributed by atoms with E-state index in [9.17, 15) is 0 Å². The Labute approximate surface area is 123 Å². The van der Waals surface area contributed by atoms with E-state index in [2.05, 4.69) is 16.4 Å². The van der Waals surface area contributed by atoms with Crippen molar-refractivity contribution < 1.29 is 9.15 Å². The first-order chi connectivity index (χ1) is 10.3. The average Bonchev–Trinajstić information content (AvgIpc) is 2.93. The average molecular weight is 282 g/mol. The molecule has 2 aromatic heterocycles. The van der Waals surface area contributed by atoms with E-state index < -0.39 is 0 Å². The van der Waals surface area contributed by atoms with E-state index in [-0.39, 0.29) is 0 Å². The van der Waals surface area contributed by atoms with Crippen LogP contribution in [-0.4, -0.2) is 12.0 Å². The molecule has 4 nitrogen and oxygen atoms in total. The molecule has 3 rings (SSSR count). The number of nitrogens with one attached hydrogen (secondary N) is 1. The summed E-state index contributed by atoms with van der Waals surface area (Å²) in [5.41, 5.74) is 2.98. The fourth-order valence-corrected chi connectivity index (χ4v) is 2.28. The molecule has 0 unspecified atom stereocenters. The van der Waals surface area contributed by atoms with Gasteiger partial charge in [-0.1, -0.05) is 18.2 Å². The highest BCUT2D eigenvalue weighted by Crippen LogP contribution is 2.25. The smallest absolute Gasteiger partial charge is 0.146 e. The zero-order chi connectivity index (χ0) is 14.7. The number of hydrogen-bond donors (Lipinski definition) is 1. The summed E-state index contributed by atoms with van der Waals surface area (Å²) >= 11 is 0. The van der Waals surface area contributed by atoms with Gasteiger partial charge in [0.15, 0.2) is 0 Å². The fraction of sp³-hybridized carbons (Fsp3) is 0.235. The molecule has 0 fully saturated rings. The molecule has 0 aliphatic heterocycles. The number of para-hydroxylation sites is 1. The number of fused-ring (bicyclic) bond motifs is 1. The highest BCUT2D eigenvalue weighted by molar-refractivity contribution is 5.84. The lowest BCUT2D eigenvalue weighted by Crippen LogP contribution is -2.03. The molecule has 0 saturated carbocycles. The van der Waals surface area contributed by atoms with E-state index in [1.54, 1.807) is 6.26 Å². The highest BCUT2D eigenvalue weighted by Gasteiger charge is 2.06. The van der Waals surface area contributed by atoms with Crippen LogP contribution in [-0.2, 0) is 13.2 Å². The normalized spacial score (nSPS) is 11.0. The summed E-state index contributed by atoms with van der Waals surface area (Å²) in [5, 5.41) is 4.17.